The summed E-state index contributed by atoms with van der Waals surface area (Å²) in [5.74, 6) is -0.352. The molecule has 0 saturated carbocycles. The van der Waals surface area contributed by atoms with Crippen LogP contribution in [0.15, 0.2) is 48.7 Å². The zero-order chi connectivity index (χ0) is 10.7. The number of nitrogens with zero attached hydrogens (tertiary/aromatic N) is 1. The second kappa shape index (κ2) is 4.00. The van der Waals surface area contributed by atoms with Crippen molar-refractivity contribution in [2.75, 3.05) is 0 Å². The minimum Gasteiger partial charge on any atom is -0.331 e. The van der Waals surface area contributed by atoms with Crippen LogP contribution in [0, 0.1) is 6.92 Å². The minimum absolute atomic E-state index is 0.352. The molecule has 2 aromatic rings. The lowest BCUT2D eigenvalue weighted by atomic mass is 10.2. The van der Waals surface area contributed by atoms with E-state index in [9.17, 15) is 4.79 Å². The molecule has 0 saturated heterocycles. The third kappa shape index (κ3) is 2.07. The molecule has 0 fully saturated rings. The van der Waals surface area contributed by atoms with Crippen LogP contribution in [0.5, 0.6) is 0 Å². The van der Waals surface area contributed by atoms with Crippen molar-refractivity contribution < 1.29 is 9.63 Å². The smallest absolute Gasteiger partial charge is 0.331 e. The molecule has 3 nitrogen and oxygen atoms in total. The lowest BCUT2D eigenvalue weighted by Crippen LogP contribution is -2.19. The van der Waals surface area contributed by atoms with Crippen LogP contribution in [0.25, 0.3) is 0 Å². The Labute approximate surface area is 87.9 Å². The lowest BCUT2D eigenvalue weighted by molar-refractivity contribution is 0.0453. The molecule has 1 aromatic carbocycles. The van der Waals surface area contributed by atoms with E-state index in [2.05, 4.69) is 0 Å². The fraction of sp³-hybridized carbons (Fsp3) is 0.0833. The summed E-state index contributed by atoms with van der Waals surface area (Å²) in [5.41, 5.74) is 1.44. The molecule has 2 rings (SSSR count). The van der Waals surface area contributed by atoms with Crippen molar-refractivity contribution in [1.82, 2.24) is 4.73 Å². The summed E-state index contributed by atoms with van der Waals surface area (Å²) in [6.07, 6.45) is 1.70. The monoisotopic (exact) mass is 201 g/mol. The number of aryl methyl sites for hydroxylation is 1. The maximum Gasteiger partial charge on any atom is 0.363 e. The maximum atomic E-state index is 11.6. The van der Waals surface area contributed by atoms with Crippen molar-refractivity contribution >= 4 is 5.97 Å². The number of hydrogen-bond donors (Lipinski definition) is 0. The van der Waals surface area contributed by atoms with Gasteiger partial charge in [0.05, 0.1) is 11.3 Å². The Hall–Kier alpha value is -2.03. The van der Waals surface area contributed by atoms with Crippen LogP contribution in [0.1, 0.15) is 16.1 Å². The Kier molecular flexibility index (Phi) is 2.54. The van der Waals surface area contributed by atoms with Crippen molar-refractivity contribution in [3.63, 3.8) is 0 Å². The predicted molar refractivity (Wildman–Crippen MR) is 56.5 cm³/mol. The number of aromatic nitrogens is 1. The van der Waals surface area contributed by atoms with Crippen LogP contribution in [0.2, 0.25) is 0 Å². The van der Waals surface area contributed by atoms with Gasteiger partial charge in [-0.25, -0.2) is 4.79 Å². The van der Waals surface area contributed by atoms with Gasteiger partial charge in [-0.1, -0.05) is 18.2 Å². The molecule has 0 spiro atoms. The molecule has 0 amide bonds. The zero-order valence-corrected chi connectivity index (χ0v) is 8.38. The minimum atomic E-state index is -0.352. The van der Waals surface area contributed by atoms with Gasteiger partial charge in [-0.3, -0.25) is 0 Å². The molecule has 0 bridgehead atoms. The van der Waals surface area contributed by atoms with Gasteiger partial charge >= 0.3 is 5.97 Å². The molecular weight excluding hydrogens is 190 g/mol. The highest BCUT2D eigenvalue weighted by atomic mass is 16.7. The first-order chi connectivity index (χ1) is 7.27. The van der Waals surface area contributed by atoms with Crippen LogP contribution in [-0.2, 0) is 0 Å². The van der Waals surface area contributed by atoms with Gasteiger partial charge in [0.2, 0.25) is 0 Å². The fourth-order valence-corrected chi connectivity index (χ4v) is 1.27. The molecule has 3 heteroatoms. The first kappa shape index (κ1) is 9.52. The van der Waals surface area contributed by atoms with Gasteiger partial charge in [0, 0.05) is 6.20 Å². The van der Waals surface area contributed by atoms with Crippen molar-refractivity contribution in [3.05, 3.63) is 59.9 Å². The van der Waals surface area contributed by atoms with Gasteiger partial charge in [0.25, 0.3) is 0 Å². The van der Waals surface area contributed by atoms with Gasteiger partial charge in [-0.15, -0.1) is 0 Å². The first-order valence-electron chi connectivity index (χ1n) is 4.69. The van der Waals surface area contributed by atoms with E-state index in [1.165, 1.54) is 4.73 Å². The van der Waals surface area contributed by atoms with E-state index in [1.807, 2.05) is 25.1 Å². The van der Waals surface area contributed by atoms with Gasteiger partial charge < -0.3 is 4.84 Å². The Balaban J connectivity index is 2.15. The number of hydrogen-bond acceptors (Lipinski definition) is 2. The highest BCUT2D eigenvalue weighted by Crippen LogP contribution is 2.02. The van der Waals surface area contributed by atoms with E-state index < -0.39 is 0 Å². The highest BCUT2D eigenvalue weighted by molar-refractivity contribution is 5.89. The molecule has 1 aromatic heterocycles. The Morgan fingerprint density at radius 1 is 1.13 bits per heavy atom. The van der Waals surface area contributed by atoms with E-state index in [0.717, 1.165) is 5.69 Å². The van der Waals surface area contributed by atoms with E-state index in [4.69, 9.17) is 4.84 Å². The number of rotatable bonds is 2. The van der Waals surface area contributed by atoms with E-state index in [1.54, 1.807) is 30.5 Å². The SMILES string of the molecule is Cc1cccn1OC(=O)c1ccccc1. The van der Waals surface area contributed by atoms with Crippen LogP contribution >= 0.6 is 0 Å². The first-order valence-corrected chi connectivity index (χ1v) is 4.69. The second-order valence-corrected chi connectivity index (χ2v) is 3.22. The van der Waals surface area contributed by atoms with Crippen molar-refractivity contribution in [2.45, 2.75) is 6.92 Å². The van der Waals surface area contributed by atoms with Crippen molar-refractivity contribution in [1.29, 1.82) is 0 Å². The summed E-state index contributed by atoms with van der Waals surface area (Å²) in [6, 6.07) is 12.6. The van der Waals surface area contributed by atoms with E-state index in [-0.39, 0.29) is 5.97 Å². The largest absolute Gasteiger partial charge is 0.363 e. The van der Waals surface area contributed by atoms with Crippen LogP contribution in [0.3, 0.4) is 0 Å². The third-order valence-corrected chi connectivity index (χ3v) is 2.10. The molecule has 0 radical (unpaired) electrons. The number of carbonyl (C=O) groups is 1. The Bertz CT molecular complexity index is 459. The molecule has 0 aliphatic rings. The summed E-state index contributed by atoms with van der Waals surface area (Å²) in [4.78, 5) is 16.8. The van der Waals surface area contributed by atoms with Crippen molar-refractivity contribution in [2.24, 2.45) is 0 Å². The van der Waals surface area contributed by atoms with Crippen molar-refractivity contribution in [3.8, 4) is 0 Å². The average Bonchev–Trinajstić information content (AvgIpc) is 2.66. The normalized spacial score (nSPS) is 9.93. The summed E-state index contributed by atoms with van der Waals surface area (Å²) in [5, 5.41) is 0. The molecule has 1 heterocycles. The highest BCUT2D eigenvalue weighted by Gasteiger charge is 2.07. The molecule has 0 aliphatic carbocycles. The lowest BCUT2D eigenvalue weighted by Gasteiger charge is -2.05. The van der Waals surface area contributed by atoms with Gasteiger partial charge in [0.15, 0.2) is 0 Å². The van der Waals surface area contributed by atoms with E-state index in [0.29, 0.717) is 5.56 Å². The summed E-state index contributed by atoms with van der Waals surface area (Å²) in [6.45, 7) is 1.87. The Morgan fingerprint density at radius 3 is 2.47 bits per heavy atom. The third-order valence-electron chi connectivity index (χ3n) is 2.10. The molecular formula is C12H11NO2. The van der Waals surface area contributed by atoms with Crippen LogP contribution in [-0.4, -0.2) is 10.7 Å². The topological polar surface area (TPSA) is 31.2 Å². The molecule has 0 atom stereocenters. The standard InChI is InChI=1S/C12H11NO2/c1-10-6-5-9-13(10)15-12(14)11-7-3-2-4-8-11/h2-9H,1H3. The average molecular weight is 201 g/mol. The summed E-state index contributed by atoms with van der Waals surface area (Å²) in [7, 11) is 0. The quantitative estimate of drug-likeness (QED) is 0.744. The summed E-state index contributed by atoms with van der Waals surface area (Å²) >= 11 is 0. The van der Waals surface area contributed by atoms with Crippen LogP contribution < -0.4 is 4.84 Å². The molecule has 0 N–H and O–H groups in total. The zero-order valence-electron chi connectivity index (χ0n) is 8.38. The number of carbonyl (C=O) groups excluding carboxylic acids is 1. The molecule has 0 unspecified atom stereocenters. The fourth-order valence-electron chi connectivity index (χ4n) is 1.27. The van der Waals surface area contributed by atoms with Gasteiger partial charge in [0.1, 0.15) is 0 Å². The predicted octanol–water partition coefficient (Wildman–Crippen LogP) is 2.07. The van der Waals surface area contributed by atoms with Crippen LogP contribution in [0.4, 0.5) is 0 Å². The Morgan fingerprint density at radius 2 is 1.87 bits per heavy atom. The second-order valence-electron chi connectivity index (χ2n) is 3.22. The van der Waals surface area contributed by atoms with Gasteiger partial charge in [-0.05, 0) is 31.2 Å². The molecule has 76 valence electrons. The van der Waals surface area contributed by atoms with E-state index >= 15 is 0 Å². The summed E-state index contributed by atoms with van der Waals surface area (Å²) < 4.78 is 1.45. The van der Waals surface area contributed by atoms with Gasteiger partial charge in [-0.2, -0.15) is 4.73 Å². The molecule has 15 heavy (non-hydrogen) atoms. The molecule has 0 aliphatic heterocycles. The maximum absolute atomic E-state index is 11.6. The number of benzene rings is 1.